The number of urea groups is 1. The van der Waals surface area contributed by atoms with Crippen LogP contribution in [0.15, 0.2) is 0 Å². The number of nitrogens with one attached hydrogen (secondary N) is 2. The number of rotatable bonds is 8. The third-order valence-electron chi connectivity index (χ3n) is 3.46. The molecule has 112 valence electrons. The van der Waals surface area contributed by atoms with Gasteiger partial charge in [0.15, 0.2) is 0 Å². The first kappa shape index (κ1) is 17.7. The molecule has 0 bridgehead atoms. The van der Waals surface area contributed by atoms with E-state index in [1.165, 1.54) is 0 Å². The fourth-order valence-electron chi connectivity index (χ4n) is 2.20. The highest BCUT2D eigenvalue weighted by molar-refractivity contribution is 5.75. The maximum Gasteiger partial charge on any atom is 0.315 e. The molecule has 1 unspecified atom stereocenters. The fraction of sp³-hybridized carbons (Fsp3) is 0.857. The van der Waals surface area contributed by atoms with E-state index in [4.69, 9.17) is 5.11 Å². The van der Waals surface area contributed by atoms with Crippen LogP contribution in [-0.4, -0.2) is 29.7 Å². The Balaban J connectivity index is 4.19. The summed E-state index contributed by atoms with van der Waals surface area (Å²) in [5, 5.41) is 14.3. The minimum Gasteiger partial charge on any atom is -0.481 e. The minimum absolute atomic E-state index is 0.0400. The zero-order chi connectivity index (χ0) is 15.0. The molecule has 0 aliphatic rings. The summed E-state index contributed by atoms with van der Waals surface area (Å²) in [6, 6.07) is -0.589. The number of aliphatic carboxylic acids is 1. The predicted octanol–water partition coefficient (Wildman–Crippen LogP) is 2.47. The quantitative estimate of drug-likeness (QED) is 0.635. The SMILES string of the molecule is CCC(CC(=O)O)NC(=O)NCC(C(C)C)C(C)C. The van der Waals surface area contributed by atoms with Crippen molar-refractivity contribution in [2.45, 2.75) is 53.5 Å². The Labute approximate surface area is 116 Å². The van der Waals surface area contributed by atoms with Gasteiger partial charge in [-0.2, -0.15) is 0 Å². The Morgan fingerprint density at radius 3 is 2.00 bits per heavy atom. The molecule has 0 aromatic carbocycles. The van der Waals surface area contributed by atoms with Gasteiger partial charge in [0.1, 0.15) is 0 Å². The third kappa shape index (κ3) is 7.70. The fourth-order valence-corrected chi connectivity index (χ4v) is 2.20. The average molecular weight is 272 g/mol. The van der Waals surface area contributed by atoms with Gasteiger partial charge >= 0.3 is 12.0 Å². The summed E-state index contributed by atoms with van der Waals surface area (Å²) >= 11 is 0. The summed E-state index contributed by atoms with van der Waals surface area (Å²) in [4.78, 5) is 22.4. The first-order valence-corrected chi connectivity index (χ1v) is 7.04. The molecule has 0 aromatic heterocycles. The van der Waals surface area contributed by atoms with Gasteiger partial charge < -0.3 is 15.7 Å². The Kier molecular flexibility index (Phi) is 8.19. The minimum atomic E-state index is -0.894. The lowest BCUT2D eigenvalue weighted by Crippen LogP contribution is -2.45. The molecule has 1 atom stereocenters. The number of carboxylic acids is 1. The number of carbonyl (C=O) groups is 2. The van der Waals surface area contributed by atoms with E-state index in [1.807, 2.05) is 6.92 Å². The van der Waals surface area contributed by atoms with Crippen molar-refractivity contribution in [3.8, 4) is 0 Å². The van der Waals surface area contributed by atoms with Gasteiger partial charge in [-0.1, -0.05) is 34.6 Å². The highest BCUT2D eigenvalue weighted by Gasteiger charge is 2.19. The number of carboxylic acid groups (broad SMARTS) is 1. The Morgan fingerprint density at radius 1 is 1.11 bits per heavy atom. The first-order valence-electron chi connectivity index (χ1n) is 7.04. The highest BCUT2D eigenvalue weighted by Crippen LogP contribution is 2.19. The molecule has 5 heteroatoms. The second-order valence-corrected chi connectivity index (χ2v) is 5.71. The summed E-state index contributed by atoms with van der Waals surface area (Å²) < 4.78 is 0. The zero-order valence-electron chi connectivity index (χ0n) is 12.7. The van der Waals surface area contributed by atoms with Crippen LogP contribution in [0.2, 0.25) is 0 Å². The molecular weight excluding hydrogens is 244 g/mol. The Morgan fingerprint density at radius 2 is 1.63 bits per heavy atom. The Hall–Kier alpha value is -1.26. The van der Waals surface area contributed by atoms with Crippen LogP contribution < -0.4 is 10.6 Å². The van der Waals surface area contributed by atoms with E-state index in [0.717, 1.165) is 0 Å². The van der Waals surface area contributed by atoms with Crippen molar-refractivity contribution < 1.29 is 14.7 Å². The van der Waals surface area contributed by atoms with E-state index in [0.29, 0.717) is 30.7 Å². The van der Waals surface area contributed by atoms with Crippen molar-refractivity contribution in [2.75, 3.05) is 6.54 Å². The van der Waals surface area contributed by atoms with Crippen LogP contribution in [0.1, 0.15) is 47.5 Å². The summed E-state index contributed by atoms with van der Waals surface area (Å²) in [7, 11) is 0. The molecular formula is C14H28N2O3. The first-order chi connectivity index (χ1) is 8.77. The van der Waals surface area contributed by atoms with E-state index in [-0.39, 0.29) is 18.5 Å². The lowest BCUT2D eigenvalue weighted by molar-refractivity contribution is -0.137. The van der Waals surface area contributed by atoms with Crippen LogP contribution in [-0.2, 0) is 4.79 Å². The third-order valence-corrected chi connectivity index (χ3v) is 3.46. The smallest absolute Gasteiger partial charge is 0.315 e. The van der Waals surface area contributed by atoms with Gasteiger partial charge in [0.05, 0.1) is 6.42 Å². The molecule has 0 aliphatic heterocycles. The van der Waals surface area contributed by atoms with Crippen molar-refractivity contribution in [1.29, 1.82) is 0 Å². The van der Waals surface area contributed by atoms with E-state index >= 15 is 0 Å². The molecule has 0 rings (SSSR count). The average Bonchev–Trinajstić information content (AvgIpc) is 2.26. The van der Waals surface area contributed by atoms with Crippen molar-refractivity contribution in [3.05, 3.63) is 0 Å². The van der Waals surface area contributed by atoms with Gasteiger partial charge in [-0.15, -0.1) is 0 Å². The topological polar surface area (TPSA) is 78.4 Å². The molecule has 19 heavy (non-hydrogen) atoms. The molecule has 0 fully saturated rings. The van der Waals surface area contributed by atoms with Crippen molar-refractivity contribution in [2.24, 2.45) is 17.8 Å². The molecule has 0 saturated heterocycles. The zero-order valence-corrected chi connectivity index (χ0v) is 12.7. The van der Waals surface area contributed by atoms with Crippen molar-refractivity contribution >= 4 is 12.0 Å². The largest absolute Gasteiger partial charge is 0.481 e. The summed E-state index contributed by atoms with van der Waals surface area (Å²) in [5.41, 5.74) is 0. The lowest BCUT2D eigenvalue weighted by atomic mass is 9.85. The van der Waals surface area contributed by atoms with Crippen LogP contribution in [0, 0.1) is 17.8 Å². The molecule has 3 N–H and O–H groups in total. The number of hydrogen-bond acceptors (Lipinski definition) is 2. The maximum absolute atomic E-state index is 11.7. The summed E-state index contributed by atoms with van der Waals surface area (Å²) in [6.07, 6.45) is 0.569. The highest BCUT2D eigenvalue weighted by atomic mass is 16.4. The maximum atomic E-state index is 11.7. The van der Waals surface area contributed by atoms with Gasteiger partial charge in [-0.05, 0) is 24.2 Å². The van der Waals surface area contributed by atoms with E-state index < -0.39 is 5.97 Å². The standard InChI is InChI=1S/C14H28N2O3/c1-6-11(7-13(17)18)16-14(19)15-8-12(9(2)3)10(4)5/h9-12H,6-8H2,1-5H3,(H,17,18)(H2,15,16,19). The van der Waals surface area contributed by atoms with Crippen molar-refractivity contribution in [3.63, 3.8) is 0 Å². The molecule has 5 nitrogen and oxygen atoms in total. The Bertz CT molecular complexity index is 282. The molecule has 0 saturated carbocycles. The lowest BCUT2D eigenvalue weighted by Gasteiger charge is -2.25. The van der Waals surface area contributed by atoms with Crippen LogP contribution >= 0.6 is 0 Å². The van der Waals surface area contributed by atoms with E-state index in [9.17, 15) is 9.59 Å². The number of hydrogen-bond donors (Lipinski definition) is 3. The van der Waals surface area contributed by atoms with Gasteiger partial charge in [0.25, 0.3) is 0 Å². The number of amides is 2. The van der Waals surface area contributed by atoms with E-state index in [2.05, 4.69) is 38.3 Å². The monoisotopic (exact) mass is 272 g/mol. The predicted molar refractivity (Wildman–Crippen MR) is 76.0 cm³/mol. The summed E-state index contributed by atoms with van der Waals surface area (Å²) in [6.45, 7) is 11.0. The molecule has 0 aromatic rings. The number of carbonyl (C=O) groups excluding carboxylic acids is 1. The molecule has 0 radical (unpaired) electrons. The normalized spacial score (nSPS) is 12.8. The van der Waals surface area contributed by atoms with Crippen LogP contribution in [0.25, 0.3) is 0 Å². The van der Waals surface area contributed by atoms with Crippen LogP contribution in [0.3, 0.4) is 0 Å². The van der Waals surface area contributed by atoms with Crippen LogP contribution in [0.5, 0.6) is 0 Å². The van der Waals surface area contributed by atoms with Crippen molar-refractivity contribution in [1.82, 2.24) is 10.6 Å². The summed E-state index contributed by atoms with van der Waals surface area (Å²) in [5.74, 6) is 0.530. The van der Waals surface area contributed by atoms with Gasteiger partial charge in [-0.3, -0.25) is 4.79 Å². The van der Waals surface area contributed by atoms with Crippen LogP contribution in [0.4, 0.5) is 4.79 Å². The molecule has 0 spiro atoms. The second-order valence-electron chi connectivity index (χ2n) is 5.71. The molecule has 2 amide bonds. The second kappa shape index (κ2) is 8.77. The molecule has 0 heterocycles. The molecule has 0 aliphatic carbocycles. The van der Waals surface area contributed by atoms with Gasteiger partial charge in [0.2, 0.25) is 0 Å². The van der Waals surface area contributed by atoms with E-state index in [1.54, 1.807) is 0 Å². The van der Waals surface area contributed by atoms with Gasteiger partial charge in [0, 0.05) is 12.6 Å². The van der Waals surface area contributed by atoms with Gasteiger partial charge in [-0.25, -0.2) is 4.79 Å².